The summed E-state index contributed by atoms with van der Waals surface area (Å²) in [4.78, 5) is 11.3. The SMILES string of the molecule is COc1ccc(S(=O)CC=CC=CC(=O)NO)cc1. The third-order valence-corrected chi connectivity index (χ3v) is 3.47. The number of ether oxygens (including phenoxy) is 1. The first kappa shape index (κ1) is 15.1. The van der Waals surface area contributed by atoms with Crippen LogP contribution in [0.4, 0.5) is 0 Å². The summed E-state index contributed by atoms with van der Waals surface area (Å²) in [5, 5.41) is 8.24. The summed E-state index contributed by atoms with van der Waals surface area (Å²) in [6.07, 6.45) is 5.89. The topological polar surface area (TPSA) is 75.6 Å². The smallest absolute Gasteiger partial charge is 0.267 e. The van der Waals surface area contributed by atoms with E-state index in [1.54, 1.807) is 43.5 Å². The molecule has 0 aliphatic rings. The quantitative estimate of drug-likeness (QED) is 0.358. The van der Waals surface area contributed by atoms with Gasteiger partial charge in [0, 0.05) is 16.7 Å². The van der Waals surface area contributed by atoms with E-state index in [1.165, 1.54) is 11.6 Å². The Kier molecular flexibility index (Phi) is 6.56. The molecule has 1 aromatic carbocycles. The van der Waals surface area contributed by atoms with Crippen LogP contribution in [0.2, 0.25) is 0 Å². The van der Waals surface area contributed by atoms with Gasteiger partial charge in [-0.05, 0) is 24.3 Å². The van der Waals surface area contributed by atoms with Crippen molar-refractivity contribution in [2.75, 3.05) is 12.9 Å². The Hall–Kier alpha value is -1.92. The van der Waals surface area contributed by atoms with Crippen LogP contribution in [-0.4, -0.2) is 28.2 Å². The van der Waals surface area contributed by atoms with Crippen LogP contribution in [0.25, 0.3) is 0 Å². The number of amides is 1. The van der Waals surface area contributed by atoms with Crippen molar-refractivity contribution < 1.29 is 18.9 Å². The lowest BCUT2D eigenvalue weighted by Gasteiger charge is -2.01. The van der Waals surface area contributed by atoms with Gasteiger partial charge in [-0.25, -0.2) is 5.48 Å². The molecule has 102 valence electrons. The van der Waals surface area contributed by atoms with E-state index in [-0.39, 0.29) is 0 Å². The minimum atomic E-state index is -1.14. The van der Waals surface area contributed by atoms with Crippen LogP contribution in [0, 0.1) is 0 Å². The highest BCUT2D eigenvalue weighted by atomic mass is 32.2. The average molecular weight is 281 g/mol. The van der Waals surface area contributed by atoms with E-state index >= 15 is 0 Å². The first-order valence-electron chi connectivity index (χ1n) is 5.47. The van der Waals surface area contributed by atoms with Gasteiger partial charge in [-0.2, -0.15) is 0 Å². The van der Waals surface area contributed by atoms with Crippen LogP contribution in [0.15, 0.2) is 53.5 Å². The van der Waals surface area contributed by atoms with Gasteiger partial charge in [-0.15, -0.1) is 0 Å². The normalized spacial score (nSPS) is 12.7. The summed E-state index contributed by atoms with van der Waals surface area (Å²) in [5.41, 5.74) is 1.47. The average Bonchev–Trinajstić information content (AvgIpc) is 2.46. The first-order valence-corrected chi connectivity index (χ1v) is 6.79. The second-order valence-corrected chi connectivity index (χ2v) is 4.95. The predicted molar refractivity (Wildman–Crippen MR) is 72.5 cm³/mol. The van der Waals surface area contributed by atoms with Crippen molar-refractivity contribution in [2.24, 2.45) is 0 Å². The van der Waals surface area contributed by atoms with Gasteiger partial charge < -0.3 is 4.74 Å². The van der Waals surface area contributed by atoms with Crippen molar-refractivity contribution in [3.05, 3.63) is 48.6 Å². The van der Waals surface area contributed by atoms with Crippen LogP contribution >= 0.6 is 0 Å². The maximum absolute atomic E-state index is 11.9. The number of hydrogen-bond acceptors (Lipinski definition) is 4. The summed E-state index contributed by atoms with van der Waals surface area (Å²) < 4.78 is 16.9. The van der Waals surface area contributed by atoms with Crippen LogP contribution in [0.5, 0.6) is 5.75 Å². The molecule has 1 rings (SSSR count). The summed E-state index contributed by atoms with van der Waals surface area (Å²) in [7, 11) is 0.437. The molecule has 0 radical (unpaired) electrons. The Labute approximate surface area is 114 Å². The zero-order valence-electron chi connectivity index (χ0n) is 10.4. The highest BCUT2D eigenvalue weighted by molar-refractivity contribution is 7.85. The van der Waals surface area contributed by atoms with Gasteiger partial charge >= 0.3 is 0 Å². The number of hydroxylamine groups is 1. The minimum absolute atomic E-state index is 0.345. The van der Waals surface area contributed by atoms with Gasteiger partial charge in [0.1, 0.15) is 5.75 Å². The fraction of sp³-hybridized carbons (Fsp3) is 0.154. The molecule has 0 saturated heterocycles. The molecule has 0 spiro atoms. The van der Waals surface area contributed by atoms with Gasteiger partial charge in [-0.3, -0.25) is 14.2 Å². The molecule has 0 heterocycles. The van der Waals surface area contributed by atoms with Gasteiger partial charge in [0.25, 0.3) is 5.91 Å². The number of rotatable bonds is 6. The van der Waals surface area contributed by atoms with E-state index in [0.29, 0.717) is 16.4 Å². The number of allylic oxidation sites excluding steroid dienone is 2. The Morgan fingerprint density at radius 3 is 2.63 bits per heavy atom. The fourth-order valence-corrected chi connectivity index (χ4v) is 2.14. The number of carbonyl (C=O) groups is 1. The molecule has 6 heteroatoms. The highest BCUT2D eigenvalue weighted by Crippen LogP contribution is 2.14. The maximum Gasteiger partial charge on any atom is 0.267 e. The molecular weight excluding hydrogens is 266 g/mol. The zero-order valence-corrected chi connectivity index (χ0v) is 11.2. The molecule has 0 saturated carbocycles. The molecule has 1 unspecified atom stereocenters. The summed E-state index contributed by atoms with van der Waals surface area (Å²) in [6, 6.07) is 7.00. The molecule has 2 N–H and O–H groups in total. The van der Waals surface area contributed by atoms with Crippen LogP contribution in [0.1, 0.15) is 0 Å². The van der Waals surface area contributed by atoms with Crippen LogP contribution in [-0.2, 0) is 15.6 Å². The van der Waals surface area contributed by atoms with E-state index in [4.69, 9.17) is 9.94 Å². The molecule has 0 aliphatic carbocycles. The maximum atomic E-state index is 11.9. The fourth-order valence-electron chi connectivity index (χ4n) is 1.23. The van der Waals surface area contributed by atoms with E-state index in [1.807, 2.05) is 0 Å². The Balaban J connectivity index is 2.48. The van der Waals surface area contributed by atoms with Crippen molar-refractivity contribution in [3.63, 3.8) is 0 Å². The number of methoxy groups -OCH3 is 1. The third-order valence-electron chi connectivity index (χ3n) is 2.17. The van der Waals surface area contributed by atoms with E-state index in [9.17, 15) is 9.00 Å². The predicted octanol–water partition coefficient (Wildman–Crippen LogP) is 1.42. The van der Waals surface area contributed by atoms with Crippen LogP contribution in [0.3, 0.4) is 0 Å². The van der Waals surface area contributed by atoms with E-state index in [2.05, 4.69) is 0 Å². The summed E-state index contributed by atoms with van der Waals surface area (Å²) in [6.45, 7) is 0. The first-order chi connectivity index (χ1) is 9.17. The van der Waals surface area contributed by atoms with Gasteiger partial charge in [0.05, 0.1) is 17.9 Å². The second kappa shape index (κ2) is 8.23. The van der Waals surface area contributed by atoms with E-state index in [0.717, 1.165) is 6.08 Å². The van der Waals surface area contributed by atoms with Crippen molar-refractivity contribution in [1.82, 2.24) is 5.48 Å². The molecule has 1 aromatic rings. The molecule has 0 fully saturated rings. The standard InChI is InChI=1S/C13H15NO4S/c1-18-11-6-8-12(9-7-11)19(17)10-4-2-3-5-13(15)14-16/h2-9,16H,10H2,1H3,(H,14,15). The zero-order chi connectivity index (χ0) is 14.1. The van der Waals surface area contributed by atoms with Crippen molar-refractivity contribution in [2.45, 2.75) is 4.90 Å². The molecular formula is C13H15NO4S. The Bertz CT molecular complexity index is 494. The molecule has 1 atom stereocenters. The number of benzene rings is 1. The van der Waals surface area contributed by atoms with Gasteiger partial charge in [0.15, 0.2) is 0 Å². The van der Waals surface area contributed by atoms with Gasteiger partial charge in [0.2, 0.25) is 0 Å². The molecule has 19 heavy (non-hydrogen) atoms. The number of hydrogen-bond donors (Lipinski definition) is 2. The van der Waals surface area contributed by atoms with Crippen LogP contribution < -0.4 is 10.2 Å². The molecule has 0 aromatic heterocycles. The Morgan fingerprint density at radius 1 is 1.37 bits per heavy atom. The molecule has 0 aliphatic heterocycles. The van der Waals surface area contributed by atoms with E-state index < -0.39 is 16.7 Å². The minimum Gasteiger partial charge on any atom is -0.497 e. The third kappa shape index (κ3) is 5.50. The summed E-state index contributed by atoms with van der Waals surface area (Å²) >= 11 is 0. The Morgan fingerprint density at radius 2 is 2.05 bits per heavy atom. The number of carbonyl (C=O) groups excluding carboxylic acids is 1. The van der Waals surface area contributed by atoms with Crippen molar-refractivity contribution in [3.8, 4) is 5.75 Å². The lowest BCUT2D eigenvalue weighted by molar-refractivity contribution is -0.124. The van der Waals surface area contributed by atoms with Crippen molar-refractivity contribution >= 4 is 16.7 Å². The largest absolute Gasteiger partial charge is 0.497 e. The van der Waals surface area contributed by atoms with Gasteiger partial charge in [-0.1, -0.05) is 18.2 Å². The second-order valence-electron chi connectivity index (χ2n) is 3.45. The lowest BCUT2D eigenvalue weighted by atomic mass is 10.3. The lowest BCUT2D eigenvalue weighted by Crippen LogP contribution is -2.14. The molecule has 0 bridgehead atoms. The number of nitrogens with one attached hydrogen (secondary N) is 1. The summed E-state index contributed by atoms with van der Waals surface area (Å²) in [5.74, 6) is 0.451. The highest BCUT2D eigenvalue weighted by Gasteiger charge is 2.01. The molecule has 5 nitrogen and oxygen atoms in total. The van der Waals surface area contributed by atoms with Crippen molar-refractivity contribution in [1.29, 1.82) is 0 Å². The molecule has 1 amide bonds. The monoisotopic (exact) mass is 281 g/mol.